The van der Waals surface area contributed by atoms with Gasteiger partial charge in [-0.15, -0.1) is 0 Å². The van der Waals surface area contributed by atoms with E-state index in [1.807, 2.05) is 13.8 Å². The van der Waals surface area contributed by atoms with E-state index in [1.165, 1.54) is 30.0 Å². The molecular formula is C20H22ClFN2O3. The minimum atomic E-state index is -0.563. The lowest BCUT2D eigenvalue weighted by Gasteiger charge is -2.21. The molecule has 144 valence electrons. The first-order valence-corrected chi connectivity index (χ1v) is 8.94. The van der Waals surface area contributed by atoms with E-state index in [0.717, 1.165) is 5.75 Å². The molecule has 0 saturated carbocycles. The third-order valence-electron chi connectivity index (χ3n) is 3.67. The van der Waals surface area contributed by atoms with Crippen molar-refractivity contribution in [2.75, 3.05) is 16.8 Å². The fourth-order valence-electron chi connectivity index (χ4n) is 2.45. The molecule has 2 aromatic carbocycles. The van der Waals surface area contributed by atoms with E-state index in [9.17, 15) is 14.0 Å². The van der Waals surface area contributed by atoms with Crippen LogP contribution in [-0.2, 0) is 9.59 Å². The molecular weight excluding hydrogens is 371 g/mol. The van der Waals surface area contributed by atoms with E-state index < -0.39 is 5.82 Å². The maximum Gasteiger partial charge on any atom is 0.226 e. The normalized spacial score (nSPS) is 10.6. The largest absolute Gasteiger partial charge is 0.491 e. The predicted molar refractivity (Wildman–Crippen MR) is 105 cm³/mol. The summed E-state index contributed by atoms with van der Waals surface area (Å²) >= 11 is 5.77. The molecule has 27 heavy (non-hydrogen) atoms. The first-order valence-electron chi connectivity index (χ1n) is 8.56. The van der Waals surface area contributed by atoms with Crippen molar-refractivity contribution in [3.8, 4) is 5.75 Å². The number of carbonyl (C=O) groups excluding carboxylic acids is 2. The third kappa shape index (κ3) is 6.25. The van der Waals surface area contributed by atoms with Crippen molar-refractivity contribution < 1.29 is 18.7 Å². The summed E-state index contributed by atoms with van der Waals surface area (Å²) in [5.74, 6) is -0.349. The van der Waals surface area contributed by atoms with E-state index in [0.29, 0.717) is 11.4 Å². The van der Waals surface area contributed by atoms with E-state index in [1.54, 1.807) is 24.3 Å². The van der Waals surface area contributed by atoms with Gasteiger partial charge in [0.25, 0.3) is 0 Å². The number of amides is 2. The molecule has 0 spiro atoms. The molecule has 5 nitrogen and oxygen atoms in total. The Morgan fingerprint density at radius 1 is 1.19 bits per heavy atom. The highest BCUT2D eigenvalue weighted by Crippen LogP contribution is 2.23. The van der Waals surface area contributed by atoms with Crippen molar-refractivity contribution in [2.45, 2.75) is 33.3 Å². The molecule has 0 atom stereocenters. The Balaban J connectivity index is 1.95. The number of ether oxygens (including phenoxy) is 1. The molecule has 2 rings (SSSR count). The van der Waals surface area contributed by atoms with Crippen LogP contribution in [0.15, 0.2) is 42.5 Å². The van der Waals surface area contributed by atoms with Gasteiger partial charge in [0.2, 0.25) is 11.8 Å². The standard InChI is InChI=1S/C20H22ClFN2O3/c1-13(2)27-17-7-4-15(5-8-17)23-20(26)10-11-24(14(3)25)16-6-9-19(22)18(21)12-16/h4-9,12-13H,10-11H2,1-3H3,(H,23,26). The van der Waals surface area contributed by atoms with Crippen LogP contribution in [0.3, 0.4) is 0 Å². The van der Waals surface area contributed by atoms with Crippen LogP contribution >= 0.6 is 11.6 Å². The molecule has 0 fully saturated rings. The van der Waals surface area contributed by atoms with Gasteiger partial charge < -0.3 is 15.0 Å². The van der Waals surface area contributed by atoms with E-state index >= 15 is 0 Å². The number of benzene rings is 2. The lowest BCUT2D eigenvalue weighted by Crippen LogP contribution is -2.32. The summed E-state index contributed by atoms with van der Waals surface area (Å²) in [6, 6.07) is 11.1. The van der Waals surface area contributed by atoms with Crippen molar-refractivity contribution >= 4 is 34.8 Å². The second-order valence-corrected chi connectivity index (χ2v) is 6.67. The highest BCUT2D eigenvalue weighted by atomic mass is 35.5. The van der Waals surface area contributed by atoms with Gasteiger partial charge in [0.05, 0.1) is 11.1 Å². The van der Waals surface area contributed by atoms with Crippen molar-refractivity contribution in [1.82, 2.24) is 0 Å². The van der Waals surface area contributed by atoms with Gasteiger partial charge >= 0.3 is 0 Å². The summed E-state index contributed by atoms with van der Waals surface area (Å²) in [6.45, 7) is 5.40. The highest BCUT2D eigenvalue weighted by Gasteiger charge is 2.15. The van der Waals surface area contributed by atoms with Gasteiger partial charge in [-0.3, -0.25) is 9.59 Å². The number of hydrogen-bond acceptors (Lipinski definition) is 3. The zero-order valence-electron chi connectivity index (χ0n) is 15.5. The van der Waals surface area contributed by atoms with Crippen LogP contribution in [0.4, 0.5) is 15.8 Å². The smallest absolute Gasteiger partial charge is 0.226 e. The summed E-state index contributed by atoms with van der Waals surface area (Å²) < 4.78 is 18.9. The summed E-state index contributed by atoms with van der Waals surface area (Å²) in [4.78, 5) is 25.4. The number of rotatable bonds is 7. The van der Waals surface area contributed by atoms with Crippen LogP contribution in [0.2, 0.25) is 5.02 Å². The van der Waals surface area contributed by atoms with Gasteiger partial charge in [0.1, 0.15) is 11.6 Å². The minimum absolute atomic E-state index is 0.0722. The monoisotopic (exact) mass is 392 g/mol. The van der Waals surface area contributed by atoms with E-state index in [4.69, 9.17) is 16.3 Å². The Labute approximate surface area is 163 Å². The Kier molecular flexibility index (Phi) is 7.19. The van der Waals surface area contributed by atoms with Crippen LogP contribution in [-0.4, -0.2) is 24.5 Å². The quantitative estimate of drug-likeness (QED) is 0.746. The summed E-state index contributed by atoms with van der Waals surface area (Å²) in [7, 11) is 0. The molecule has 0 aromatic heterocycles. The molecule has 0 unspecified atom stereocenters. The minimum Gasteiger partial charge on any atom is -0.491 e. The fraction of sp³-hybridized carbons (Fsp3) is 0.300. The van der Waals surface area contributed by atoms with Gasteiger partial charge in [0, 0.05) is 31.3 Å². The van der Waals surface area contributed by atoms with Gasteiger partial charge in [-0.1, -0.05) is 11.6 Å². The number of carbonyl (C=O) groups is 2. The molecule has 0 aliphatic carbocycles. The Bertz CT molecular complexity index is 809. The topological polar surface area (TPSA) is 58.6 Å². The zero-order chi connectivity index (χ0) is 20.0. The lowest BCUT2D eigenvalue weighted by molar-refractivity contribution is -0.117. The summed E-state index contributed by atoms with van der Waals surface area (Å²) in [5.41, 5.74) is 1.08. The molecule has 0 heterocycles. The van der Waals surface area contributed by atoms with Crippen molar-refractivity contribution in [3.05, 3.63) is 53.3 Å². The second-order valence-electron chi connectivity index (χ2n) is 6.26. The van der Waals surface area contributed by atoms with E-state index in [2.05, 4.69) is 5.32 Å². The molecule has 0 bridgehead atoms. The summed E-state index contributed by atoms with van der Waals surface area (Å²) in [6.07, 6.45) is 0.154. The average molecular weight is 393 g/mol. The van der Waals surface area contributed by atoms with Crippen molar-refractivity contribution in [2.24, 2.45) is 0 Å². The maximum atomic E-state index is 13.3. The number of nitrogens with zero attached hydrogens (tertiary/aromatic N) is 1. The number of anilines is 2. The Morgan fingerprint density at radius 3 is 2.41 bits per heavy atom. The SMILES string of the molecule is CC(=O)N(CCC(=O)Nc1ccc(OC(C)C)cc1)c1ccc(F)c(Cl)c1. The van der Waals surface area contributed by atoms with Crippen LogP contribution < -0.4 is 15.0 Å². The Hall–Kier alpha value is -2.60. The molecule has 0 aliphatic rings. The number of halogens is 2. The number of nitrogens with one attached hydrogen (secondary N) is 1. The summed E-state index contributed by atoms with van der Waals surface area (Å²) in [5, 5.41) is 2.69. The van der Waals surface area contributed by atoms with Crippen LogP contribution in [0.1, 0.15) is 27.2 Å². The van der Waals surface area contributed by atoms with E-state index in [-0.39, 0.29) is 35.9 Å². The van der Waals surface area contributed by atoms with Gasteiger partial charge in [-0.25, -0.2) is 4.39 Å². The highest BCUT2D eigenvalue weighted by molar-refractivity contribution is 6.31. The van der Waals surface area contributed by atoms with Crippen LogP contribution in [0, 0.1) is 5.82 Å². The van der Waals surface area contributed by atoms with Gasteiger partial charge in [-0.05, 0) is 56.3 Å². The maximum absolute atomic E-state index is 13.3. The third-order valence-corrected chi connectivity index (χ3v) is 3.96. The predicted octanol–water partition coefficient (Wildman–Crippen LogP) is 4.65. The first kappa shape index (κ1) is 20.7. The fourth-order valence-corrected chi connectivity index (χ4v) is 2.62. The van der Waals surface area contributed by atoms with Crippen molar-refractivity contribution in [1.29, 1.82) is 0 Å². The van der Waals surface area contributed by atoms with Crippen molar-refractivity contribution in [3.63, 3.8) is 0 Å². The molecule has 2 aromatic rings. The molecule has 0 aliphatic heterocycles. The molecule has 0 saturated heterocycles. The van der Waals surface area contributed by atoms with Gasteiger partial charge in [0.15, 0.2) is 0 Å². The molecule has 2 amide bonds. The van der Waals surface area contributed by atoms with Crippen LogP contribution in [0.25, 0.3) is 0 Å². The molecule has 0 radical (unpaired) electrons. The lowest BCUT2D eigenvalue weighted by atomic mass is 10.2. The average Bonchev–Trinajstić information content (AvgIpc) is 2.59. The zero-order valence-corrected chi connectivity index (χ0v) is 16.2. The second kappa shape index (κ2) is 9.37. The Morgan fingerprint density at radius 2 is 1.85 bits per heavy atom. The molecule has 1 N–H and O–H groups in total. The first-order chi connectivity index (χ1) is 12.8. The van der Waals surface area contributed by atoms with Crippen LogP contribution in [0.5, 0.6) is 5.75 Å². The molecule has 7 heteroatoms. The van der Waals surface area contributed by atoms with Gasteiger partial charge in [-0.2, -0.15) is 0 Å². The number of hydrogen-bond donors (Lipinski definition) is 1.